The zero-order valence-electron chi connectivity index (χ0n) is 17.4. The molecule has 1 rings (SSSR count). The predicted molar refractivity (Wildman–Crippen MR) is 119 cm³/mol. The minimum atomic E-state index is -1.59. The van der Waals surface area contributed by atoms with Gasteiger partial charge < -0.3 is 4.74 Å². The van der Waals surface area contributed by atoms with Crippen LogP contribution < -0.4 is 9.92 Å². The summed E-state index contributed by atoms with van der Waals surface area (Å²) in [6.07, 6.45) is 13.2. The highest BCUT2D eigenvalue weighted by atomic mass is 28.3. The number of ether oxygens (including phenoxy) is 1. The smallest absolute Gasteiger partial charge is 0.118 e. The Balaban J connectivity index is 2.56. The Morgan fingerprint density at radius 3 is 2.31 bits per heavy atom. The molecule has 1 atom stereocenters. The molecular weight excluding hydrogens is 332 g/mol. The minimum Gasteiger partial charge on any atom is -0.497 e. The summed E-state index contributed by atoms with van der Waals surface area (Å²) in [4.78, 5) is 0. The van der Waals surface area contributed by atoms with Gasteiger partial charge in [0.1, 0.15) is 5.75 Å². The molecule has 0 bridgehead atoms. The maximum absolute atomic E-state index is 5.30. The van der Waals surface area contributed by atoms with Crippen LogP contribution in [0.15, 0.2) is 36.9 Å². The second kappa shape index (κ2) is 12.8. The van der Waals surface area contributed by atoms with E-state index in [9.17, 15) is 0 Å². The van der Waals surface area contributed by atoms with Crippen molar-refractivity contribution in [1.29, 1.82) is 0 Å². The number of methoxy groups -OCH3 is 1. The van der Waals surface area contributed by atoms with E-state index in [2.05, 4.69) is 68.8 Å². The summed E-state index contributed by atoms with van der Waals surface area (Å²) in [7, 11) is 0.135. The standard InChI is InChI=1S/C24H38OSi/c1-6-8-9-10-11-12-13-14-15-17-23(16-7-2)26(4,5)24-20-18-22(25-3)19-21-24/h7,18-21,23H,2,6,8-13,16-17H2,1,3-5H3. The molecule has 0 heterocycles. The SMILES string of the molecule is C=CCC(CC#CCCCCCCCC)[Si](C)(C)c1ccc(OC)cc1. The first-order valence-electron chi connectivity index (χ1n) is 10.3. The molecule has 1 aromatic carbocycles. The molecule has 0 fully saturated rings. The van der Waals surface area contributed by atoms with E-state index < -0.39 is 8.07 Å². The second-order valence-electron chi connectivity index (χ2n) is 7.75. The number of rotatable bonds is 12. The van der Waals surface area contributed by atoms with Gasteiger partial charge in [0.05, 0.1) is 15.2 Å². The molecule has 0 radical (unpaired) electrons. The fraction of sp³-hybridized carbons (Fsp3) is 0.583. The molecule has 0 saturated heterocycles. The maximum atomic E-state index is 5.30. The van der Waals surface area contributed by atoms with Crippen LogP contribution in [0.1, 0.15) is 64.7 Å². The first-order valence-corrected chi connectivity index (χ1v) is 13.3. The average Bonchev–Trinajstić information content (AvgIpc) is 2.65. The molecule has 144 valence electrons. The van der Waals surface area contributed by atoms with Gasteiger partial charge in [-0.15, -0.1) is 18.4 Å². The molecule has 0 aliphatic rings. The lowest BCUT2D eigenvalue weighted by molar-refractivity contribution is 0.415. The van der Waals surface area contributed by atoms with Crippen LogP contribution in [-0.2, 0) is 0 Å². The Morgan fingerprint density at radius 1 is 1.04 bits per heavy atom. The molecule has 26 heavy (non-hydrogen) atoms. The highest BCUT2D eigenvalue weighted by molar-refractivity contribution is 6.91. The molecule has 1 aromatic rings. The molecule has 2 heteroatoms. The van der Waals surface area contributed by atoms with Gasteiger partial charge in [-0.3, -0.25) is 0 Å². The lowest BCUT2D eigenvalue weighted by atomic mass is 10.1. The summed E-state index contributed by atoms with van der Waals surface area (Å²) < 4.78 is 5.30. The van der Waals surface area contributed by atoms with Gasteiger partial charge in [0, 0.05) is 12.8 Å². The van der Waals surface area contributed by atoms with E-state index in [1.807, 2.05) is 0 Å². The summed E-state index contributed by atoms with van der Waals surface area (Å²) >= 11 is 0. The molecule has 1 unspecified atom stereocenters. The maximum Gasteiger partial charge on any atom is 0.118 e. The van der Waals surface area contributed by atoms with Gasteiger partial charge in [0.15, 0.2) is 0 Å². The van der Waals surface area contributed by atoms with Crippen molar-refractivity contribution in [2.24, 2.45) is 0 Å². The van der Waals surface area contributed by atoms with E-state index in [1.54, 1.807) is 7.11 Å². The van der Waals surface area contributed by atoms with Gasteiger partial charge in [0.2, 0.25) is 0 Å². The van der Waals surface area contributed by atoms with Crippen LogP contribution in [0.3, 0.4) is 0 Å². The van der Waals surface area contributed by atoms with Crippen molar-refractivity contribution < 1.29 is 4.74 Å². The summed E-state index contributed by atoms with van der Waals surface area (Å²) in [6.45, 7) is 11.2. The van der Waals surface area contributed by atoms with Crippen molar-refractivity contribution in [2.45, 2.75) is 83.3 Å². The molecule has 0 amide bonds. The summed E-state index contributed by atoms with van der Waals surface area (Å²) in [5.74, 6) is 7.84. The van der Waals surface area contributed by atoms with Crippen molar-refractivity contribution >= 4 is 13.3 Å². The van der Waals surface area contributed by atoms with Crippen molar-refractivity contribution in [3.63, 3.8) is 0 Å². The number of benzene rings is 1. The molecule has 0 spiro atoms. The fourth-order valence-electron chi connectivity index (χ4n) is 3.37. The van der Waals surface area contributed by atoms with E-state index in [0.29, 0.717) is 5.54 Å². The first-order chi connectivity index (χ1) is 12.6. The van der Waals surface area contributed by atoms with E-state index in [0.717, 1.165) is 25.0 Å². The molecule has 0 aliphatic carbocycles. The van der Waals surface area contributed by atoms with Gasteiger partial charge in [-0.1, -0.05) is 75.5 Å². The van der Waals surface area contributed by atoms with Gasteiger partial charge in [-0.25, -0.2) is 0 Å². The average molecular weight is 371 g/mol. The topological polar surface area (TPSA) is 9.23 Å². The van der Waals surface area contributed by atoms with Crippen LogP contribution in [0.5, 0.6) is 5.75 Å². The Kier molecular flexibility index (Phi) is 11.1. The van der Waals surface area contributed by atoms with Crippen LogP contribution in [0, 0.1) is 11.8 Å². The zero-order chi connectivity index (χ0) is 19.3. The third-order valence-electron chi connectivity index (χ3n) is 5.43. The Morgan fingerprint density at radius 2 is 1.69 bits per heavy atom. The minimum absolute atomic E-state index is 0.616. The molecule has 0 N–H and O–H groups in total. The Hall–Kier alpha value is -1.46. The van der Waals surface area contributed by atoms with Crippen molar-refractivity contribution in [3.8, 4) is 17.6 Å². The largest absolute Gasteiger partial charge is 0.497 e. The highest BCUT2D eigenvalue weighted by Gasteiger charge is 2.32. The zero-order valence-corrected chi connectivity index (χ0v) is 18.4. The Labute approximate surface area is 163 Å². The predicted octanol–water partition coefficient (Wildman–Crippen LogP) is 6.70. The third-order valence-corrected chi connectivity index (χ3v) is 9.74. The van der Waals surface area contributed by atoms with Gasteiger partial charge in [-0.2, -0.15) is 0 Å². The number of hydrogen-bond donors (Lipinski definition) is 0. The lowest BCUT2D eigenvalue weighted by Crippen LogP contribution is -2.45. The highest BCUT2D eigenvalue weighted by Crippen LogP contribution is 2.29. The van der Waals surface area contributed by atoms with Crippen LogP contribution >= 0.6 is 0 Å². The van der Waals surface area contributed by atoms with E-state index in [-0.39, 0.29) is 0 Å². The molecule has 0 saturated carbocycles. The van der Waals surface area contributed by atoms with Crippen molar-refractivity contribution in [3.05, 3.63) is 36.9 Å². The molecule has 0 aliphatic heterocycles. The molecule has 1 nitrogen and oxygen atoms in total. The normalized spacial score (nSPS) is 12.2. The van der Waals surface area contributed by atoms with Crippen LogP contribution in [-0.4, -0.2) is 15.2 Å². The summed E-state index contributed by atoms with van der Waals surface area (Å²) in [5, 5.41) is 1.47. The van der Waals surface area contributed by atoms with Crippen molar-refractivity contribution in [1.82, 2.24) is 0 Å². The quantitative estimate of drug-likeness (QED) is 0.172. The Bertz CT molecular complexity index is 562. The molecule has 0 aromatic heterocycles. The summed E-state index contributed by atoms with van der Waals surface area (Å²) in [6, 6.07) is 8.65. The monoisotopic (exact) mass is 370 g/mol. The number of allylic oxidation sites excluding steroid dienone is 1. The van der Waals surface area contributed by atoms with Gasteiger partial charge >= 0.3 is 0 Å². The fourth-order valence-corrected chi connectivity index (χ4v) is 6.23. The van der Waals surface area contributed by atoms with Crippen LogP contribution in [0.4, 0.5) is 0 Å². The second-order valence-corrected chi connectivity index (χ2v) is 12.6. The van der Waals surface area contributed by atoms with Gasteiger partial charge in [-0.05, 0) is 30.5 Å². The van der Waals surface area contributed by atoms with Gasteiger partial charge in [0.25, 0.3) is 0 Å². The van der Waals surface area contributed by atoms with Crippen molar-refractivity contribution in [2.75, 3.05) is 7.11 Å². The van der Waals surface area contributed by atoms with Crippen LogP contribution in [0.2, 0.25) is 18.6 Å². The van der Waals surface area contributed by atoms with Crippen LogP contribution in [0.25, 0.3) is 0 Å². The first kappa shape index (κ1) is 22.6. The summed E-state index contributed by atoms with van der Waals surface area (Å²) in [5.41, 5.74) is 0.616. The lowest BCUT2D eigenvalue weighted by Gasteiger charge is -2.31. The number of unbranched alkanes of at least 4 members (excludes halogenated alkanes) is 6. The number of hydrogen-bond acceptors (Lipinski definition) is 1. The third kappa shape index (κ3) is 7.83. The van der Waals surface area contributed by atoms with E-state index in [1.165, 1.54) is 43.7 Å². The van der Waals surface area contributed by atoms with E-state index >= 15 is 0 Å². The van der Waals surface area contributed by atoms with E-state index in [4.69, 9.17) is 4.74 Å². The molecular formula is C24H38OSi.